The van der Waals surface area contributed by atoms with Crippen molar-refractivity contribution in [2.24, 2.45) is 0 Å². The standard InChI is InChI=1S/C61H35N3/c1-61(2)43-24-12-14-30-13-11-23-41(47(30)43)54-44(61)27-42-55-45(25-31(28-62)48-50-33-15-3-7-19-37(33)52(57(48)55)38-20-8-4-16-34(38)50)64-46-26-32(29-63)49-51-35-17-5-9-21-39(35)53(40-22-10-6-18-36(40)51)58(49)56(46)59(54)60(42)64/h3-27,50-53H,1-2H3. The van der Waals surface area contributed by atoms with Crippen LogP contribution in [0.25, 0.3) is 60.0 Å². The van der Waals surface area contributed by atoms with Crippen molar-refractivity contribution in [1.82, 2.24) is 4.40 Å². The fraction of sp³-hybridized carbons (Fsp3) is 0.115. The number of aromatic nitrogens is 1. The number of nitriles is 2. The van der Waals surface area contributed by atoms with E-state index in [1.807, 2.05) is 0 Å². The zero-order valence-electron chi connectivity index (χ0n) is 35.1. The summed E-state index contributed by atoms with van der Waals surface area (Å²) < 4.78 is 2.49. The van der Waals surface area contributed by atoms with E-state index in [4.69, 9.17) is 0 Å². The first-order valence-electron chi connectivity index (χ1n) is 22.6. The summed E-state index contributed by atoms with van der Waals surface area (Å²) in [5.74, 6) is -0.147. The summed E-state index contributed by atoms with van der Waals surface area (Å²) in [5, 5.41) is 30.3. The predicted molar refractivity (Wildman–Crippen MR) is 255 cm³/mol. The molecule has 4 bridgehead atoms. The maximum Gasteiger partial charge on any atom is 0.0995 e. The number of hydrogen-bond donors (Lipinski definition) is 0. The topological polar surface area (TPSA) is 52.0 Å². The summed E-state index contributed by atoms with van der Waals surface area (Å²) in [6.07, 6.45) is 0. The predicted octanol–water partition coefficient (Wildman–Crippen LogP) is 14.0. The number of hydrogen-bond acceptors (Lipinski definition) is 2. The van der Waals surface area contributed by atoms with E-state index in [-0.39, 0.29) is 29.1 Å². The van der Waals surface area contributed by atoms with Gasteiger partial charge >= 0.3 is 0 Å². The van der Waals surface area contributed by atoms with Gasteiger partial charge in [-0.25, -0.2) is 0 Å². The minimum Gasteiger partial charge on any atom is -0.308 e. The van der Waals surface area contributed by atoms with E-state index in [2.05, 4.69) is 182 Å². The molecule has 3 nitrogen and oxygen atoms in total. The molecular formula is C61H35N3. The molecule has 0 N–H and O–H groups in total. The molecule has 2 aromatic heterocycles. The van der Waals surface area contributed by atoms with Crippen LogP contribution in [0.3, 0.4) is 0 Å². The normalized spacial score (nSPS) is 19.5. The average molecular weight is 810 g/mol. The summed E-state index contributed by atoms with van der Waals surface area (Å²) in [6.45, 7) is 4.84. The van der Waals surface area contributed by atoms with Crippen LogP contribution in [0.5, 0.6) is 0 Å². The molecule has 0 fully saturated rings. The van der Waals surface area contributed by atoms with Crippen LogP contribution in [0, 0.1) is 22.7 Å². The first-order valence-corrected chi connectivity index (χ1v) is 22.6. The van der Waals surface area contributed by atoms with Crippen molar-refractivity contribution in [2.45, 2.75) is 42.9 Å². The van der Waals surface area contributed by atoms with Crippen LogP contribution in [-0.4, -0.2) is 4.40 Å². The highest BCUT2D eigenvalue weighted by atomic mass is 14.9. The molecule has 0 saturated carbocycles. The lowest BCUT2D eigenvalue weighted by molar-refractivity contribution is 0.647. The molecule has 7 aliphatic rings. The van der Waals surface area contributed by atoms with Crippen LogP contribution >= 0.6 is 0 Å². The Hall–Kier alpha value is -7.98. The van der Waals surface area contributed by atoms with E-state index in [0.29, 0.717) is 0 Å². The lowest BCUT2D eigenvalue weighted by atomic mass is 9.59. The summed E-state index contributed by atoms with van der Waals surface area (Å²) in [4.78, 5) is 0. The molecule has 294 valence electrons. The molecule has 11 aromatic rings. The monoisotopic (exact) mass is 809 g/mol. The Labute approximate surface area is 369 Å². The molecule has 7 aliphatic carbocycles. The van der Waals surface area contributed by atoms with Crippen molar-refractivity contribution in [3.8, 4) is 23.3 Å². The minimum absolute atomic E-state index is 0.0231. The maximum absolute atomic E-state index is 11.4. The molecule has 18 rings (SSSR count). The van der Waals surface area contributed by atoms with Gasteiger partial charge < -0.3 is 4.40 Å². The van der Waals surface area contributed by atoms with E-state index >= 15 is 0 Å². The van der Waals surface area contributed by atoms with E-state index in [1.54, 1.807) is 0 Å². The summed E-state index contributed by atoms with van der Waals surface area (Å²) in [6, 6.07) is 62.0. The van der Waals surface area contributed by atoms with Crippen LogP contribution in [0.4, 0.5) is 0 Å². The van der Waals surface area contributed by atoms with E-state index in [1.165, 1.54) is 116 Å². The molecule has 3 heteroatoms. The smallest absolute Gasteiger partial charge is 0.0995 e. The highest BCUT2D eigenvalue weighted by Gasteiger charge is 2.48. The Bertz CT molecular complexity index is 4060. The van der Waals surface area contributed by atoms with Crippen LogP contribution in [0.15, 0.2) is 152 Å². The summed E-state index contributed by atoms with van der Waals surface area (Å²) in [7, 11) is 0. The van der Waals surface area contributed by atoms with Gasteiger partial charge in [-0.15, -0.1) is 0 Å². The van der Waals surface area contributed by atoms with Crippen molar-refractivity contribution in [3.05, 3.63) is 241 Å². The molecule has 0 aliphatic heterocycles. The zero-order valence-corrected chi connectivity index (χ0v) is 35.1. The molecule has 9 aromatic carbocycles. The van der Waals surface area contributed by atoms with E-state index in [9.17, 15) is 10.5 Å². The molecule has 0 radical (unpaired) electrons. The largest absolute Gasteiger partial charge is 0.308 e. The molecule has 0 unspecified atom stereocenters. The molecular weight excluding hydrogens is 775 g/mol. The van der Waals surface area contributed by atoms with Crippen molar-refractivity contribution >= 4 is 48.9 Å². The molecule has 0 saturated heterocycles. The van der Waals surface area contributed by atoms with Gasteiger partial charge in [0.2, 0.25) is 0 Å². The molecule has 0 atom stereocenters. The first-order chi connectivity index (χ1) is 31.5. The Kier molecular flexibility index (Phi) is 5.76. The van der Waals surface area contributed by atoms with Gasteiger partial charge in [0.25, 0.3) is 0 Å². The van der Waals surface area contributed by atoms with Crippen molar-refractivity contribution < 1.29 is 0 Å². The third-order valence-electron chi connectivity index (χ3n) is 16.7. The number of fused-ring (bicyclic) bond motifs is 9. The highest BCUT2D eigenvalue weighted by molar-refractivity contribution is 6.31. The zero-order chi connectivity index (χ0) is 42.1. The Morgan fingerprint density at radius 1 is 0.438 bits per heavy atom. The first kappa shape index (κ1) is 33.6. The fourth-order valence-corrected chi connectivity index (χ4v) is 14.5. The number of benzene rings is 9. The second-order valence-electron chi connectivity index (χ2n) is 19.5. The Morgan fingerprint density at radius 2 is 0.875 bits per heavy atom. The number of nitrogens with zero attached hydrogens (tertiary/aromatic N) is 3. The molecule has 0 amide bonds. The van der Waals surface area contributed by atoms with Gasteiger partial charge in [-0.2, -0.15) is 10.5 Å². The molecule has 2 heterocycles. The van der Waals surface area contributed by atoms with Gasteiger partial charge in [-0.1, -0.05) is 147 Å². The van der Waals surface area contributed by atoms with Crippen molar-refractivity contribution in [3.63, 3.8) is 0 Å². The fourth-order valence-electron chi connectivity index (χ4n) is 14.5. The van der Waals surface area contributed by atoms with Gasteiger partial charge in [-0.3, -0.25) is 0 Å². The van der Waals surface area contributed by atoms with E-state index in [0.717, 1.165) is 33.3 Å². The SMILES string of the molecule is CC1(C)c2cc3c4c5c(c(C#N)cc4n4c6cc(C#N)c7c(c6c(c2-c2cccc6cccc1c26)c34)C1c2ccccc2C7c2ccccc21)C1c2ccccc2C5c2ccccc21. The third kappa shape index (κ3) is 3.51. The average Bonchev–Trinajstić information content (AvgIpc) is 3.86. The van der Waals surface area contributed by atoms with Crippen LogP contribution in [-0.2, 0) is 5.41 Å². The van der Waals surface area contributed by atoms with Gasteiger partial charge in [0.1, 0.15) is 0 Å². The van der Waals surface area contributed by atoms with Gasteiger partial charge in [0.05, 0.1) is 39.8 Å². The van der Waals surface area contributed by atoms with Crippen molar-refractivity contribution in [1.29, 1.82) is 10.5 Å². The quantitative estimate of drug-likeness (QED) is 0.153. The van der Waals surface area contributed by atoms with Crippen LogP contribution < -0.4 is 0 Å². The van der Waals surface area contributed by atoms with Gasteiger partial charge in [0.15, 0.2) is 0 Å². The third-order valence-corrected chi connectivity index (χ3v) is 16.7. The summed E-state index contributed by atoms with van der Waals surface area (Å²) in [5.41, 5.74) is 25.1. The Balaban J connectivity index is 1.18. The van der Waals surface area contributed by atoms with Gasteiger partial charge in [-0.05, 0) is 118 Å². The second kappa shape index (κ2) is 11.0. The lowest BCUT2D eigenvalue weighted by Crippen LogP contribution is -2.29. The number of rotatable bonds is 0. The molecule has 64 heavy (non-hydrogen) atoms. The van der Waals surface area contributed by atoms with E-state index < -0.39 is 0 Å². The van der Waals surface area contributed by atoms with Gasteiger partial charge in [0, 0.05) is 50.6 Å². The minimum atomic E-state index is -0.333. The highest BCUT2D eigenvalue weighted by Crippen LogP contribution is 2.64. The molecule has 0 spiro atoms. The maximum atomic E-state index is 11.4. The van der Waals surface area contributed by atoms with Crippen LogP contribution in [0.2, 0.25) is 0 Å². The second-order valence-corrected chi connectivity index (χ2v) is 19.5. The van der Waals surface area contributed by atoms with Crippen LogP contribution in [0.1, 0.15) is 127 Å². The van der Waals surface area contributed by atoms with Crippen molar-refractivity contribution in [2.75, 3.05) is 0 Å². The lowest BCUT2D eigenvalue weighted by Gasteiger charge is -2.43. The Morgan fingerprint density at radius 3 is 1.36 bits per heavy atom. The summed E-state index contributed by atoms with van der Waals surface area (Å²) >= 11 is 0.